The lowest BCUT2D eigenvalue weighted by Crippen LogP contribution is -2.37. The van der Waals surface area contributed by atoms with Crippen LogP contribution in [0.3, 0.4) is 0 Å². The van der Waals surface area contributed by atoms with Crippen molar-refractivity contribution in [3.8, 4) is 0 Å². The zero-order valence-corrected chi connectivity index (χ0v) is 12.7. The molecule has 0 aliphatic rings. The number of pyridine rings is 1. The van der Waals surface area contributed by atoms with E-state index in [0.29, 0.717) is 16.6 Å². The molecule has 1 N–H and O–H groups in total. The Morgan fingerprint density at radius 1 is 1.35 bits per heavy atom. The van der Waals surface area contributed by atoms with E-state index in [1.807, 2.05) is 31.2 Å². The highest BCUT2D eigenvalue weighted by molar-refractivity contribution is 6.30. The summed E-state index contributed by atoms with van der Waals surface area (Å²) in [4.78, 5) is 16.7. The first kappa shape index (κ1) is 14.8. The highest BCUT2D eigenvalue weighted by Crippen LogP contribution is 2.21. The van der Waals surface area contributed by atoms with Crippen molar-refractivity contribution < 1.29 is 4.79 Å². The van der Waals surface area contributed by atoms with Gasteiger partial charge < -0.3 is 5.32 Å². The maximum atomic E-state index is 12.4. The molecule has 0 aliphatic heterocycles. The summed E-state index contributed by atoms with van der Waals surface area (Å²) in [6.45, 7) is 6.27. The van der Waals surface area contributed by atoms with Gasteiger partial charge in [-0.15, -0.1) is 0 Å². The lowest BCUT2D eigenvalue weighted by molar-refractivity contribution is 0.0929. The number of halogens is 1. The maximum absolute atomic E-state index is 12.4. The quantitative estimate of drug-likeness (QED) is 0.863. The fraction of sp³-hybridized carbons (Fsp3) is 0.375. The van der Waals surface area contributed by atoms with Crippen LogP contribution in [-0.4, -0.2) is 16.9 Å². The van der Waals surface area contributed by atoms with Gasteiger partial charge in [-0.3, -0.25) is 4.79 Å². The third-order valence-corrected chi connectivity index (χ3v) is 3.98. The van der Waals surface area contributed by atoms with E-state index in [-0.39, 0.29) is 11.9 Å². The molecule has 1 aromatic heterocycles. The van der Waals surface area contributed by atoms with E-state index in [9.17, 15) is 4.79 Å². The first-order valence-corrected chi connectivity index (χ1v) is 7.27. The molecule has 0 saturated carbocycles. The molecule has 2 rings (SSSR count). The van der Waals surface area contributed by atoms with Crippen molar-refractivity contribution in [1.29, 1.82) is 0 Å². The van der Waals surface area contributed by atoms with Crippen LogP contribution in [0.2, 0.25) is 5.15 Å². The summed E-state index contributed by atoms with van der Waals surface area (Å²) < 4.78 is 0. The molecule has 1 heterocycles. The smallest absolute Gasteiger partial charge is 0.252 e. The number of benzene rings is 1. The standard InChI is InChI=1S/C16H19ClN2O/c1-4-10(2)11(3)18-16(20)13-9-15(17)19-14-8-6-5-7-12(13)14/h5-11H,4H2,1-3H3,(H,18,20). The van der Waals surface area contributed by atoms with Crippen LogP contribution in [0.5, 0.6) is 0 Å². The number of rotatable bonds is 4. The minimum absolute atomic E-state index is 0.0988. The summed E-state index contributed by atoms with van der Waals surface area (Å²) >= 11 is 6.00. The Bertz CT molecular complexity index is 627. The van der Waals surface area contributed by atoms with Gasteiger partial charge in [0.1, 0.15) is 5.15 Å². The third kappa shape index (κ3) is 3.10. The topological polar surface area (TPSA) is 42.0 Å². The van der Waals surface area contributed by atoms with Crippen LogP contribution in [0.15, 0.2) is 30.3 Å². The van der Waals surface area contributed by atoms with E-state index in [0.717, 1.165) is 17.3 Å². The predicted octanol–water partition coefficient (Wildman–Crippen LogP) is 4.05. The van der Waals surface area contributed by atoms with E-state index in [1.165, 1.54) is 0 Å². The number of nitrogens with one attached hydrogen (secondary N) is 1. The van der Waals surface area contributed by atoms with E-state index in [4.69, 9.17) is 11.6 Å². The normalized spacial score (nSPS) is 14.0. The van der Waals surface area contributed by atoms with Gasteiger partial charge in [-0.25, -0.2) is 4.98 Å². The van der Waals surface area contributed by atoms with Gasteiger partial charge >= 0.3 is 0 Å². The van der Waals surface area contributed by atoms with Crippen LogP contribution in [0.4, 0.5) is 0 Å². The summed E-state index contributed by atoms with van der Waals surface area (Å²) in [6.07, 6.45) is 1.03. The highest BCUT2D eigenvalue weighted by Gasteiger charge is 2.17. The summed E-state index contributed by atoms with van der Waals surface area (Å²) in [6, 6.07) is 9.28. The molecule has 0 radical (unpaired) electrons. The van der Waals surface area contributed by atoms with Crippen LogP contribution >= 0.6 is 11.6 Å². The molecule has 20 heavy (non-hydrogen) atoms. The van der Waals surface area contributed by atoms with Gasteiger partial charge in [0.05, 0.1) is 11.1 Å². The second-order valence-corrected chi connectivity index (χ2v) is 5.54. The lowest BCUT2D eigenvalue weighted by atomic mass is 10.00. The molecule has 1 amide bonds. The molecule has 2 atom stereocenters. The lowest BCUT2D eigenvalue weighted by Gasteiger charge is -2.20. The maximum Gasteiger partial charge on any atom is 0.252 e. The van der Waals surface area contributed by atoms with E-state index >= 15 is 0 Å². The van der Waals surface area contributed by atoms with Crippen LogP contribution in [0.25, 0.3) is 10.9 Å². The Hall–Kier alpha value is -1.61. The molecule has 4 heteroatoms. The zero-order chi connectivity index (χ0) is 14.7. The largest absolute Gasteiger partial charge is 0.349 e. The third-order valence-electron chi connectivity index (χ3n) is 3.79. The second-order valence-electron chi connectivity index (χ2n) is 5.16. The average molecular weight is 291 g/mol. The SMILES string of the molecule is CCC(C)C(C)NC(=O)c1cc(Cl)nc2ccccc12. The van der Waals surface area contributed by atoms with Gasteiger partial charge in [0.25, 0.3) is 5.91 Å². The van der Waals surface area contributed by atoms with Gasteiger partial charge in [-0.1, -0.05) is 50.1 Å². The monoisotopic (exact) mass is 290 g/mol. The first-order chi connectivity index (χ1) is 9.52. The molecule has 106 valence electrons. The minimum Gasteiger partial charge on any atom is -0.349 e. The van der Waals surface area contributed by atoms with E-state index in [1.54, 1.807) is 6.07 Å². The number of para-hydroxylation sites is 1. The van der Waals surface area contributed by atoms with Crippen molar-refractivity contribution >= 4 is 28.4 Å². The highest BCUT2D eigenvalue weighted by atomic mass is 35.5. The number of fused-ring (bicyclic) bond motifs is 1. The Balaban J connectivity index is 2.35. The molecule has 0 fully saturated rings. The molecular weight excluding hydrogens is 272 g/mol. The molecule has 3 nitrogen and oxygen atoms in total. The fourth-order valence-corrected chi connectivity index (χ4v) is 2.31. The summed E-state index contributed by atoms with van der Waals surface area (Å²) in [7, 11) is 0. The predicted molar refractivity (Wildman–Crippen MR) is 83.1 cm³/mol. The number of carbonyl (C=O) groups excluding carboxylic acids is 1. The van der Waals surface area contributed by atoms with Crippen molar-refractivity contribution in [2.75, 3.05) is 0 Å². The molecule has 0 bridgehead atoms. The Morgan fingerprint density at radius 2 is 2.05 bits per heavy atom. The van der Waals surface area contributed by atoms with E-state index < -0.39 is 0 Å². The number of nitrogens with zero attached hydrogens (tertiary/aromatic N) is 1. The van der Waals surface area contributed by atoms with Gasteiger partial charge in [0.2, 0.25) is 0 Å². The van der Waals surface area contributed by atoms with Gasteiger partial charge in [0, 0.05) is 11.4 Å². The van der Waals surface area contributed by atoms with Crippen molar-refractivity contribution in [3.63, 3.8) is 0 Å². The molecule has 0 saturated heterocycles. The van der Waals surface area contributed by atoms with Crippen LogP contribution in [0, 0.1) is 5.92 Å². The molecule has 0 spiro atoms. The van der Waals surface area contributed by atoms with Crippen molar-refractivity contribution in [2.24, 2.45) is 5.92 Å². The molecular formula is C16H19ClN2O. The van der Waals surface area contributed by atoms with Gasteiger partial charge in [0.15, 0.2) is 0 Å². The van der Waals surface area contributed by atoms with Crippen LogP contribution < -0.4 is 5.32 Å². The molecule has 2 unspecified atom stereocenters. The van der Waals surface area contributed by atoms with Crippen molar-refractivity contribution in [2.45, 2.75) is 33.2 Å². The Morgan fingerprint density at radius 3 is 2.75 bits per heavy atom. The Kier molecular flexibility index (Phi) is 4.61. The van der Waals surface area contributed by atoms with Gasteiger partial charge in [-0.2, -0.15) is 0 Å². The summed E-state index contributed by atoms with van der Waals surface area (Å²) in [5.41, 5.74) is 1.32. The number of hydrogen-bond donors (Lipinski definition) is 1. The van der Waals surface area contributed by atoms with Crippen molar-refractivity contribution in [3.05, 3.63) is 41.0 Å². The zero-order valence-electron chi connectivity index (χ0n) is 12.0. The minimum atomic E-state index is -0.0988. The second kappa shape index (κ2) is 6.23. The molecule has 1 aromatic carbocycles. The number of carbonyl (C=O) groups is 1. The summed E-state index contributed by atoms with van der Waals surface area (Å²) in [5, 5.41) is 4.20. The molecule has 2 aromatic rings. The van der Waals surface area contributed by atoms with Crippen molar-refractivity contribution in [1.82, 2.24) is 10.3 Å². The van der Waals surface area contributed by atoms with Crippen LogP contribution in [0.1, 0.15) is 37.6 Å². The average Bonchev–Trinajstić information content (AvgIpc) is 2.45. The first-order valence-electron chi connectivity index (χ1n) is 6.89. The van der Waals surface area contributed by atoms with Gasteiger partial charge in [-0.05, 0) is 25.0 Å². The van der Waals surface area contributed by atoms with Crippen LogP contribution in [-0.2, 0) is 0 Å². The van der Waals surface area contributed by atoms with E-state index in [2.05, 4.69) is 24.1 Å². The number of hydrogen-bond acceptors (Lipinski definition) is 2. The Labute approximate surface area is 124 Å². The fourth-order valence-electron chi connectivity index (χ4n) is 2.11. The molecule has 0 aliphatic carbocycles. The number of amides is 1. The number of aromatic nitrogens is 1. The summed E-state index contributed by atoms with van der Waals surface area (Å²) in [5.74, 6) is 0.334.